The lowest BCUT2D eigenvalue weighted by Crippen LogP contribution is -2.45. The van der Waals surface area contributed by atoms with Crippen LogP contribution in [0.2, 0.25) is 0 Å². The van der Waals surface area contributed by atoms with Crippen LogP contribution in [0.15, 0.2) is 10.9 Å². The molecule has 94 valence electrons. The average molecular weight is 239 g/mol. The number of carbonyl (C=O) groups is 1. The molecule has 0 aromatic carbocycles. The summed E-state index contributed by atoms with van der Waals surface area (Å²) in [6.07, 6.45) is 3.62. The van der Waals surface area contributed by atoms with E-state index in [1.165, 1.54) is 6.39 Å². The van der Waals surface area contributed by atoms with Crippen LogP contribution < -0.4 is 0 Å². The molecule has 0 aliphatic carbocycles. The number of likely N-dealkylation sites (N-methyl/N-ethyl adjacent to an activating group) is 1. The van der Waals surface area contributed by atoms with Crippen LogP contribution in [0.5, 0.6) is 0 Å². The molecule has 1 saturated heterocycles. The number of hydrogen-bond donors (Lipinski definition) is 0. The highest BCUT2D eigenvalue weighted by Crippen LogP contribution is 2.26. The van der Waals surface area contributed by atoms with Crippen LogP contribution in [0.1, 0.15) is 25.6 Å². The third-order valence-electron chi connectivity index (χ3n) is 3.10. The Morgan fingerprint density at radius 3 is 3.06 bits per heavy atom. The number of carbonyl (C=O) groups excluding carboxylic acids is 1. The molecule has 17 heavy (non-hydrogen) atoms. The topological polar surface area (TPSA) is 68.5 Å². The van der Waals surface area contributed by atoms with E-state index in [0.717, 1.165) is 12.8 Å². The molecule has 0 unspecified atom stereocenters. The van der Waals surface area contributed by atoms with Gasteiger partial charge in [0.25, 0.3) is 5.91 Å². The van der Waals surface area contributed by atoms with Crippen molar-refractivity contribution in [1.29, 1.82) is 0 Å². The fourth-order valence-corrected chi connectivity index (χ4v) is 2.02. The summed E-state index contributed by atoms with van der Waals surface area (Å²) in [6, 6.07) is 0. The van der Waals surface area contributed by atoms with Crippen molar-refractivity contribution in [3.8, 4) is 0 Å². The van der Waals surface area contributed by atoms with E-state index in [9.17, 15) is 4.79 Å². The molecule has 1 fully saturated rings. The Bertz CT molecular complexity index is 371. The van der Waals surface area contributed by atoms with Gasteiger partial charge >= 0.3 is 0 Å². The van der Waals surface area contributed by atoms with Crippen molar-refractivity contribution in [2.24, 2.45) is 0 Å². The van der Waals surface area contributed by atoms with Gasteiger partial charge in [0.2, 0.25) is 6.39 Å². The Morgan fingerprint density at radius 1 is 1.65 bits per heavy atom. The van der Waals surface area contributed by atoms with Gasteiger partial charge in [-0.2, -0.15) is 4.98 Å². The number of nitrogens with zero attached hydrogens (tertiary/aromatic N) is 3. The van der Waals surface area contributed by atoms with E-state index in [-0.39, 0.29) is 5.91 Å². The smallest absolute Gasteiger partial charge is 0.254 e. The maximum Gasteiger partial charge on any atom is 0.254 e. The van der Waals surface area contributed by atoms with Crippen molar-refractivity contribution >= 4 is 5.91 Å². The molecule has 0 bridgehead atoms. The van der Waals surface area contributed by atoms with E-state index < -0.39 is 5.60 Å². The van der Waals surface area contributed by atoms with Gasteiger partial charge in [-0.25, -0.2) is 0 Å². The van der Waals surface area contributed by atoms with E-state index in [0.29, 0.717) is 25.4 Å². The number of amides is 1. The van der Waals surface area contributed by atoms with Gasteiger partial charge in [-0.1, -0.05) is 5.16 Å². The van der Waals surface area contributed by atoms with Crippen LogP contribution in [0.4, 0.5) is 0 Å². The number of hydrogen-bond acceptors (Lipinski definition) is 5. The van der Waals surface area contributed by atoms with E-state index in [1.807, 2.05) is 6.92 Å². The lowest BCUT2D eigenvalue weighted by atomic mass is 10.0. The first-order chi connectivity index (χ1) is 8.12. The molecule has 2 heterocycles. The van der Waals surface area contributed by atoms with Gasteiger partial charge in [0.15, 0.2) is 5.82 Å². The van der Waals surface area contributed by atoms with Gasteiger partial charge in [0, 0.05) is 26.6 Å². The maximum absolute atomic E-state index is 12.2. The summed E-state index contributed by atoms with van der Waals surface area (Å²) in [7, 11) is 1.77. The van der Waals surface area contributed by atoms with Crippen molar-refractivity contribution in [2.75, 3.05) is 20.2 Å². The summed E-state index contributed by atoms with van der Waals surface area (Å²) in [5.74, 6) is 0.639. The van der Waals surface area contributed by atoms with E-state index in [1.54, 1.807) is 11.9 Å². The predicted octanol–water partition coefficient (Wildman–Crippen LogP) is 0.640. The number of aromatic nitrogens is 2. The number of rotatable bonds is 4. The highest BCUT2D eigenvalue weighted by molar-refractivity contribution is 5.84. The Labute approximate surface area is 99.9 Å². The van der Waals surface area contributed by atoms with Crippen molar-refractivity contribution < 1.29 is 14.1 Å². The quantitative estimate of drug-likeness (QED) is 0.771. The van der Waals surface area contributed by atoms with Gasteiger partial charge in [0.1, 0.15) is 5.60 Å². The minimum Gasteiger partial charge on any atom is -0.365 e. The molecule has 6 nitrogen and oxygen atoms in total. The Hall–Kier alpha value is -1.43. The molecular weight excluding hydrogens is 222 g/mol. The second-order valence-corrected chi connectivity index (χ2v) is 4.51. The Balaban J connectivity index is 1.87. The third kappa shape index (κ3) is 2.63. The summed E-state index contributed by atoms with van der Waals surface area (Å²) in [5.41, 5.74) is -0.647. The first-order valence-electron chi connectivity index (χ1n) is 5.76. The van der Waals surface area contributed by atoms with Crippen LogP contribution in [0.25, 0.3) is 0 Å². The third-order valence-corrected chi connectivity index (χ3v) is 3.10. The van der Waals surface area contributed by atoms with Gasteiger partial charge in [-0.15, -0.1) is 0 Å². The van der Waals surface area contributed by atoms with Crippen LogP contribution in [0.3, 0.4) is 0 Å². The van der Waals surface area contributed by atoms with E-state index in [4.69, 9.17) is 4.74 Å². The zero-order chi connectivity index (χ0) is 12.3. The monoisotopic (exact) mass is 239 g/mol. The summed E-state index contributed by atoms with van der Waals surface area (Å²) < 4.78 is 10.2. The molecule has 0 saturated carbocycles. The fourth-order valence-electron chi connectivity index (χ4n) is 2.02. The SMILES string of the molecule is CN(CCc1ncon1)C(=O)[C@@]1(C)CCCO1. The highest BCUT2D eigenvalue weighted by atomic mass is 16.5. The Morgan fingerprint density at radius 2 is 2.47 bits per heavy atom. The molecule has 1 amide bonds. The average Bonchev–Trinajstić information content (AvgIpc) is 2.96. The minimum atomic E-state index is -0.647. The van der Waals surface area contributed by atoms with Crippen molar-refractivity contribution in [1.82, 2.24) is 15.0 Å². The van der Waals surface area contributed by atoms with Gasteiger partial charge in [-0.05, 0) is 19.8 Å². The minimum absolute atomic E-state index is 0.0264. The summed E-state index contributed by atoms with van der Waals surface area (Å²) in [4.78, 5) is 17.7. The van der Waals surface area contributed by atoms with Crippen molar-refractivity contribution in [3.05, 3.63) is 12.2 Å². The number of ether oxygens (including phenoxy) is 1. The molecule has 0 radical (unpaired) electrons. The highest BCUT2D eigenvalue weighted by Gasteiger charge is 2.39. The summed E-state index contributed by atoms with van der Waals surface area (Å²) >= 11 is 0. The second-order valence-electron chi connectivity index (χ2n) is 4.51. The lowest BCUT2D eigenvalue weighted by molar-refractivity contribution is -0.149. The van der Waals surface area contributed by atoms with Crippen LogP contribution in [0, 0.1) is 0 Å². The Kier molecular flexibility index (Phi) is 3.42. The van der Waals surface area contributed by atoms with Gasteiger partial charge in [0.05, 0.1) is 0 Å². The van der Waals surface area contributed by atoms with Crippen molar-refractivity contribution in [2.45, 2.75) is 31.8 Å². The van der Waals surface area contributed by atoms with Gasteiger partial charge in [-0.3, -0.25) is 4.79 Å². The van der Waals surface area contributed by atoms with E-state index in [2.05, 4.69) is 14.7 Å². The zero-order valence-electron chi connectivity index (χ0n) is 10.2. The first kappa shape index (κ1) is 12.0. The summed E-state index contributed by atoms with van der Waals surface area (Å²) in [6.45, 7) is 3.09. The molecule has 6 heteroatoms. The normalized spacial score (nSPS) is 23.9. The molecule has 1 aromatic rings. The van der Waals surface area contributed by atoms with Crippen LogP contribution in [-0.4, -0.2) is 46.7 Å². The molecule has 0 spiro atoms. The first-order valence-corrected chi connectivity index (χ1v) is 5.76. The van der Waals surface area contributed by atoms with Crippen LogP contribution in [-0.2, 0) is 16.0 Å². The molecule has 0 N–H and O–H groups in total. The van der Waals surface area contributed by atoms with E-state index >= 15 is 0 Å². The largest absolute Gasteiger partial charge is 0.365 e. The molecule has 1 atom stereocenters. The molecule has 1 aromatic heterocycles. The van der Waals surface area contributed by atoms with Crippen LogP contribution >= 0.6 is 0 Å². The predicted molar refractivity (Wildman–Crippen MR) is 59.2 cm³/mol. The second kappa shape index (κ2) is 4.83. The fraction of sp³-hybridized carbons (Fsp3) is 0.727. The molecule has 1 aliphatic heterocycles. The maximum atomic E-state index is 12.2. The van der Waals surface area contributed by atoms with Crippen molar-refractivity contribution in [3.63, 3.8) is 0 Å². The molecular formula is C11H17N3O3. The molecule has 2 rings (SSSR count). The lowest BCUT2D eigenvalue weighted by Gasteiger charge is -2.27. The zero-order valence-corrected chi connectivity index (χ0v) is 10.2. The van der Waals surface area contributed by atoms with Gasteiger partial charge < -0.3 is 14.2 Å². The summed E-state index contributed by atoms with van der Waals surface area (Å²) in [5, 5.41) is 3.71. The standard InChI is InChI=1S/C11H17N3O3/c1-11(5-3-7-16-11)10(15)14(2)6-4-9-12-8-17-13-9/h8H,3-7H2,1-2H3/t11-/m1/s1. The molecule has 1 aliphatic rings.